The van der Waals surface area contributed by atoms with Gasteiger partial charge in [-0.15, -0.1) is 0 Å². The van der Waals surface area contributed by atoms with E-state index in [4.69, 9.17) is 12.3 Å². The van der Waals surface area contributed by atoms with Gasteiger partial charge in [0.15, 0.2) is 25.2 Å². The Labute approximate surface area is 60.7 Å². The monoisotopic (exact) mass is 193 g/mol. The first-order chi connectivity index (χ1) is 4.27. The van der Waals surface area contributed by atoms with Gasteiger partial charge in [0, 0.05) is 0 Å². The van der Waals surface area contributed by atoms with Crippen LogP contribution in [0, 0.1) is 0 Å². The molecule has 2 heterocycles. The Morgan fingerprint density at radius 2 is 1.56 bits per heavy atom. The largest absolute Gasteiger partial charge is 0.543 e. The van der Waals surface area contributed by atoms with Crippen molar-refractivity contribution in [2.75, 3.05) is 0 Å². The second-order valence-corrected chi connectivity index (χ2v) is 21.4. The first kappa shape index (κ1) is 6.46. The molecule has 0 aromatic carbocycles. The highest BCUT2D eigenvalue weighted by Gasteiger charge is 2.52. The molecule has 3 nitrogen and oxygen atoms in total. The molecule has 2 aliphatic rings. The first-order valence-electron chi connectivity index (χ1n) is 3.14. The predicted molar refractivity (Wildman–Crippen MR) is 42.2 cm³/mol. The van der Waals surface area contributed by atoms with Crippen molar-refractivity contribution >= 4 is 34.7 Å². The van der Waals surface area contributed by atoms with Crippen LogP contribution in [0.5, 0.6) is 0 Å². The third kappa shape index (κ3) is 0.925. The molecule has 2 fully saturated rings. The molecule has 0 aromatic rings. The summed E-state index contributed by atoms with van der Waals surface area (Å²) in [5.74, 6) is 0. The molecule has 0 aliphatic carbocycles. The number of rotatable bonds is 0. The van der Waals surface area contributed by atoms with Crippen molar-refractivity contribution in [2.45, 2.75) is 13.1 Å². The van der Waals surface area contributed by atoms with Crippen LogP contribution in [-0.2, 0) is 12.3 Å². The molecule has 0 aromatic heterocycles. The number of fused-ring (bicyclic) bond motifs is 2. The van der Waals surface area contributed by atoms with E-state index >= 15 is 0 Å². The highest BCUT2D eigenvalue weighted by atomic mass is 29.6. The molecule has 2 aliphatic heterocycles. The van der Waals surface area contributed by atoms with Crippen molar-refractivity contribution in [3.8, 4) is 0 Å². The molecular formula is C2H9O3Si4. The molecule has 2 saturated heterocycles. The van der Waals surface area contributed by atoms with E-state index in [2.05, 4.69) is 13.1 Å². The topological polar surface area (TPSA) is 27.7 Å². The summed E-state index contributed by atoms with van der Waals surface area (Å²) in [6, 6.07) is 0. The second-order valence-electron chi connectivity index (χ2n) is 2.48. The summed E-state index contributed by atoms with van der Waals surface area (Å²) in [4.78, 5) is 0. The van der Waals surface area contributed by atoms with Gasteiger partial charge in [-0.2, -0.15) is 0 Å². The zero-order valence-corrected chi connectivity index (χ0v) is 9.92. The molecule has 51 valence electrons. The van der Waals surface area contributed by atoms with Crippen molar-refractivity contribution in [2.24, 2.45) is 0 Å². The third-order valence-corrected chi connectivity index (χ3v) is 30.2. The summed E-state index contributed by atoms with van der Waals surface area (Å²) >= 11 is 0. The minimum absolute atomic E-state index is 0.774. The van der Waals surface area contributed by atoms with Crippen LogP contribution >= 0.6 is 0 Å². The zero-order valence-electron chi connectivity index (χ0n) is 5.46. The fraction of sp³-hybridized carbons (Fsp3) is 1.00. The first-order valence-corrected chi connectivity index (χ1v) is 13.4. The van der Waals surface area contributed by atoms with E-state index in [0.29, 0.717) is 0 Å². The summed E-state index contributed by atoms with van der Waals surface area (Å²) in [5.41, 5.74) is 0. The van der Waals surface area contributed by atoms with E-state index in [9.17, 15) is 0 Å². The normalized spacial score (nSPS) is 50.7. The van der Waals surface area contributed by atoms with Gasteiger partial charge < -0.3 is 12.3 Å². The Balaban J connectivity index is 2.13. The van der Waals surface area contributed by atoms with E-state index in [0.717, 1.165) is 0 Å². The van der Waals surface area contributed by atoms with Gasteiger partial charge in [0.2, 0.25) is 0 Å². The standard InChI is InChI=1S/C2H9O3Si4/c1-6-3-8-4-7(2)9(6)5-8/h6-7,9H,1-2H3. The molecule has 2 unspecified atom stereocenters. The molecule has 0 spiro atoms. The SMILES string of the molecule is C[SiH]1O[Si]2O[SiH](C)[SiH]1O2. The van der Waals surface area contributed by atoms with E-state index in [1.165, 1.54) is 0 Å². The van der Waals surface area contributed by atoms with Crippen molar-refractivity contribution in [1.82, 2.24) is 0 Å². The van der Waals surface area contributed by atoms with Crippen LogP contribution in [0.1, 0.15) is 0 Å². The minimum Gasteiger partial charge on any atom is -0.417 e. The number of hydrogen-bond acceptors (Lipinski definition) is 3. The average molecular weight is 193 g/mol. The van der Waals surface area contributed by atoms with E-state index in [1.54, 1.807) is 0 Å². The van der Waals surface area contributed by atoms with Crippen molar-refractivity contribution < 1.29 is 12.3 Å². The Bertz CT molecular complexity index is 119. The third-order valence-electron chi connectivity index (χ3n) is 1.72. The summed E-state index contributed by atoms with van der Waals surface area (Å²) in [6.45, 7) is 4.53. The van der Waals surface area contributed by atoms with E-state index in [-0.39, 0.29) is 0 Å². The summed E-state index contributed by atoms with van der Waals surface area (Å²) in [7, 11) is -3.43. The van der Waals surface area contributed by atoms with Crippen molar-refractivity contribution in [1.29, 1.82) is 0 Å². The van der Waals surface area contributed by atoms with E-state index < -0.39 is 34.7 Å². The highest BCUT2D eigenvalue weighted by Crippen LogP contribution is 2.21. The zero-order chi connectivity index (χ0) is 6.43. The maximum Gasteiger partial charge on any atom is 0.543 e. The summed E-state index contributed by atoms with van der Waals surface area (Å²) in [5, 5.41) is 0. The van der Waals surface area contributed by atoms with Gasteiger partial charge in [-0.05, 0) is 13.1 Å². The molecule has 1 radical (unpaired) electrons. The highest BCUT2D eigenvalue weighted by molar-refractivity contribution is 7.49. The molecule has 7 heteroatoms. The maximum atomic E-state index is 5.62. The van der Waals surface area contributed by atoms with Crippen LogP contribution in [0.25, 0.3) is 0 Å². The quantitative estimate of drug-likeness (QED) is 0.445. The predicted octanol–water partition coefficient (Wildman–Crippen LogP) is -1.36. The smallest absolute Gasteiger partial charge is 0.417 e. The lowest BCUT2D eigenvalue weighted by Gasteiger charge is -2.15. The van der Waals surface area contributed by atoms with Gasteiger partial charge in [-0.3, -0.25) is 0 Å². The number of hydrogen-bond donors (Lipinski definition) is 0. The fourth-order valence-corrected chi connectivity index (χ4v) is 33.3. The van der Waals surface area contributed by atoms with Crippen LogP contribution in [0.3, 0.4) is 0 Å². The Morgan fingerprint density at radius 1 is 1.00 bits per heavy atom. The summed E-state index contributed by atoms with van der Waals surface area (Å²) < 4.78 is 16.7. The molecule has 2 rings (SSSR count). The molecule has 0 N–H and O–H groups in total. The molecule has 0 saturated carbocycles. The van der Waals surface area contributed by atoms with Crippen molar-refractivity contribution in [3.63, 3.8) is 0 Å². The van der Waals surface area contributed by atoms with Crippen LogP contribution in [0.2, 0.25) is 13.1 Å². The van der Waals surface area contributed by atoms with Gasteiger partial charge in [-0.25, -0.2) is 0 Å². The van der Waals surface area contributed by atoms with Gasteiger partial charge in [0.1, 0.15) is 0 Å². The van der Waals surface area contributed by atoms with Crippen LogP contribution in [0.15, 0.2) is 0 Å². The fourth-order valence-electron chi connectivity index (χ4n) is 1.21. The molecule has 2 atom stereocenters. The van der Waals surface area contributed by atoms with Crippen LogP contribution < -0.4 is 0 Å². The van der Waals surface area contributed by atoms with E-state index in [1.807, 2.05) is 0 Å². The lowest BCUT2D eigenvalue weighted by molar-refractivity contribution is 0.370. The summed E-state index contributed by atoms with van der Waals surface area (Å²) in [6.07, 6.45) is 0. The lowest BCUT2D eigenvalue weighted by atomic mass is 11.9. The van der Waals surface area contributed by atoms with Gasteiger partial charge in [0.05, 0.1) is 0 Å². The Morgan fingerprint density at radius 3 is 1.78 bits per heavy atom. The van der Waals surface area contributed by atoms with Gasteiger partial charge in [-0.1, -0.05) is 0 Å². The minimum atomic E-state index is -1.09. The average Bonchev–Trinajstić information content (AvgIpc) is 2.22. The molecule has 0 amide bonds. The molecular weight excluding hydrogens is 184 g/mol. The lowest BCUT2D eigenvalue weighted by Crippen LogP contribution is -2.46. The Kier molecular flexibility index (Phi) is 1.52. The second kappa shape index (κ2) is 2.12. The van der Waals surface area contributed by atoms with Crippen LogP contribution in [0.4, 0.5) is 0 Å². The van der Waals surface area contributed by atoms with Crippen LogP contribution in [-0.4, -0.2) is 34.7 Å². The Hall–Kier alpha value is 0.748. The van der Waals surface area contributed by atoms with Gasteiger partial charge in [0.25, 0.3) is 0 Å². The maximum absolute atomic E-state index is 5.62. The van der Waals surface area contributed by atoms with Crippen molar-refractivity contribution in [3.05, 3.63) is 0 Å². The molecule has 9 heavy (non-hydrogen) atoms. The molecule has 2 bridgehead atoms. The van der Waals surface area contributed by atoms with Gasteiger partial charge >= 0.3 is 9.53 Å².